The third-order valence-electron chi connectivity index (χ3n) is 4.57. The molecular weight excluding hydrogens is 338 g/mol. The number of nitrogens with one attached hydrogen (secondary N) is 1. The van der Waals surface area contributed by atoms with Crippen molar-refractivity contribution in [2.45, 2.75) is 12.6 Å². The van der Waals surface area contributed by atoms with Gasteiger partial charge in [0.15, 0.2) is 0 Å². The Morgan fingerprint density at radius 2 is 2.12 bits per heavy atom. The molecule has 7 heteroatoms. The highest BCUT2D eigenvalue weighted by atomic mass is 35.5. The zero-order chi connectivity index (χ0) is 17.2. The van der Waals surface area contributed by atoms with Gasteiger partial charge >= 0.3 is 0 Å². The number of aromatic amines is 1. The summed E-state index contributed by atoms with van der Waals surface area (Å²) in [7, 11) is 2.02. The fourth-order valence-electron chi connectivity index (χ4n) is 3.09. The zero-order valence-corrected chi connectivity index (χ0v) is 14.8. The molecule has 1 aliphatic rings. The first kappa shape index (κ1) is 16.3. The first-order valence-electron chi connectivity index (χ1n) is 8.29. The van der Waals surface area contributed by atoms with Gasteiger partial charge in [-0.3, -0.25) is 4.90 Å². The Labute approximate surface area is 151 Å². The van der Waals surface area contributed by atoms with E-state index in [0.717, 1.165) is 47.6 Å². The Morgan fingerprint density at radius 3 is 2.88 bits per heavy atom. The minimum Gasteiger partial charge on any atom is -0.378 e. The summed E-state index contributed by atoms with van der Waals surface area (Å²) in [6.07, 6.45) is 5.67. The first-order valence-corrected chi connectivity index (χ1v) is 8.67. The number of imidazole rings is 2. The number of rotatable bonds is 4. The van der Waals surface area contributed by atoms with Gasteiger partial charge in [0.1, 0.15) is 11.6 Å². The molecule has 0 radical (unpaired) electrons. The molecule has 1 N–H and O–H groups in total. The molecule has 1 atom stereocenters. The number of aromatic nitrogens is 4. The van der Waals surface area contributed by atoms with Crippen LogP contribution in [-0.2, 0) is 18.3 Å². The highest BCUT2D eigenvalue weighted by Crippen LogP contribution is 2.26. The van der Waals surface area contributed by atoms with Crippen LogP contribution >= 0.6 is 11.6 Å². The predicted octanol–water partition coefficient (Wildman–Crippen LogP) is 3.04. The molecule has 1 aliphatic heterocycles. The van der Waals surface area contributed by atoms with Crippen LogP contribution in [0.3, 0.4) is 0 Å². The van der Waals surface area contributed by atoms with Crippen molar-refractivity contribution in [1.29, 1.82) is 0 Å². The Balaban J connectivity index is 1.56. The summed E-state index contributed by atoms with van der Waals surface area (Å²) in [5.41, 5.74) is 2.05. The summed E-state index contributed by atoms with van der Waals surface area (Å²) >= 11 is 5.97. The summed E-state index contributed by atoms with van der Waals surface area (Å²) in [6.45, 7) is 2.98. The van der Waals surface area contributed by atoms with Crippen molar-refractivity contribution < 1.29 is 4.74 Å². The summed E-state index contributed by atoms with van der Waals surface area (Å²) in [4.78, 5) is 14.8. The molecule has 0 amide bonds. The smallest absolute Gasteiger partial charge is 0.126 e. The summed E-state index contributed by atoms with van der Waals surface area (Å²) in [6, 6.07) is 7.83. The molecule has 2 aromatic heterocycles. The number of H-pyrrole nitrogens is 1. The summed E-state index contributed by atoms with van der Waals surface area (Å²) in [5.74, 6) is 1.95. The fraction of sp³-hybridized carbons (Fsp3) is 0.333. The molecule has 6 nitrogen and oxygen atoms in total. The van der Waals surface area contributed by atoms with E-state index in [1.54, 1.807) is 0 Å². The lowest BCUT2D eigenvalue weighted by atomic mass is 10.2. The van der Waals surface area contributed by atoms with Crippen LogP contribution in [0.15, 0.2) is 42.9 Å². The van der Waals surface area contributed by atoms with Gasteiger partial charge in [0, 0.05) is 31.0 Å². The van der Waals surface area contributed by atoms with Crippen LogP contribution in [0, 0.1) is 0 Å². The molecular formula is C18H20ClN5O. The predicted molar refractivity (Wildman–Crippen MR) is 96.2 cm³/mol. The van der Waals surface area contributed by atoms with E-state index in [1.165, 1.54) is 0 Å². The molecule has 1 fully saturated rings. The maximum atomic E-state index is 5.97. The molecule has 130 valence electrons. The number of hydrogen-bond donors (Lipinski definition) is 1. The number of ether oxygens (including phenoxy) is 1. The maximum Gasteiger partial charge on any atom is 0.126 e. The Kier molecular flexibility index (Phi) is 4.57. The third kappa shape index (κ3) is 3.46. The standard InChI is InChI=1S/C18H20ClN5O/c1-23-7-6-20-17(23)11-24-8-9-25-12-16(24)18-21-10-15(22-18)13-2-4-14(19)5-3-13/h2-7,10,16H,8-9,11-12H2,1H3,(H,21,22)/t16-/m0/s1. The number of hydrogen-bond acceptors (Lipinski definition) is 4. The lowest BCUT2D eigenvalue weighted by molar-refractivity contribution is -0.0170. The Hall–Kier alpha value is -2.15. The topological polar surface area (TPSA) is 59.0 Å². The van der Waals surface area contributed by atoms with Crippen molar-refractivity contribution >= 4 is 11.6 Å². The van der Waals surface area contributed by atoms with E-state index in [4.69, 9.17) is 16.3 Å². The van der Waals surface area contributed by atoms with E-state index in [-0.39, 0.29) is 6.04 Å². The third-order valence-corrected chi connectivity index (χ3v) is 4.82. The van der Waals surface area contributed by atoms with E-state index in [2.05, 4.69) is 19.9 Å². The minimum atomic E-state index is 0.0894. The van der Waals surface area contributed by atoms with Crippen molar-refractivity contribution in [3.63, 3.8) is 0 Å². The fourth-order valence-corrected chi connectivity index (χ4v) is 3.22. The lowest BCUT2D eigenvalue weighted by Crippen LogP contribution is -2.40. The zero-order valence-electron chi connectivity index (χ0n) is 14.0. The van der Waals surface area contributed by atoms with Gasteiger partial charge in [-0.1, -0.05) is 23.7 Å². The highest BCUT2D eigenvalue weighted by molar-refractivity contribution is 6.30. The Morgan fingerprint density at radius 1 is 1.28 bits per heavy atom. The molecule has 25 heavy (non-hydrogen) atoms. The second kappa shape index (κ2) is 7.00. The number of halogens is 1. The molecule has 4 rings (SSSR count). The monoisotopic (exact) mass is 357 g/mol. The van der Waals surface area contributed by atoms with Crippen molar-refractivity contribution in [3.05, 3.63) is 59.5 Å². The largest absolute Gasteiger partial charge is 0.378 e. The van der Waals surface area contributed by atoms with Gasteiger partial charge in [0.2, 0.25) is 0 Å². The van der Waals surface area contributed by atoms with Gasteiger partial charge in [-0.15, -0.1) is 0 Å². The normalized spacial score (nSPS) is 18.6. The van der Waals surface area contributed by atoms with Crippen LogP contribution in [0.2, 0.25) is 5.02 Å². The van der Waals surface area contributed by atoms with E-state index >= 15 is 0 Å². The van der Waals surface area contributed by atoms with Crippen molar-refractivity contribution in [1.82, 2.24) is 24.4 Å². The second-order valence-electron chi connectivity index (χ2n) is 6.20. The van der Waals surface area contributed by atoms with Gasteiger partial charge in [-0.05, 0) is 17.7 Å². The number of benzene rings is 1. The van der Waals surface area contributed by atoms with Gasteiger partial charge < -0.3 is 14.3 Å². The SMILES string of the molecule is Cn1ccnc1CN1CCOC[C@H]1c1ncc(-c2ccc(Cl)cc2)[nH]1. The van der Waals surface area contributed by atoms with E-state index < -0.39 is 0 Å². The first-order chi connectivity index (χ1) is 12.2. The van der Waals surface area contributed by atoms with Crippen molar-refractivity contribution in [2.75, 3.05) is 19.8 Å². The van der Waals surface area contributed by atoms with Crippen molar-refractivity contribution in [2.24, 2.45) is 7.05 Å². The van der Waals surface area contributed by atoms with Gasteiger partial charge in [0.05, 0.1) is 37.7 Å². The second-order valence-corrected chi connectivity index (χ2v) is 6.64. The van der Waals surface area contributed by atoms with Crippen LogP contribution in [0.25, 0.3) is 11.3 Å². The molecule has 0 saturated carbocycles. The molecule has 0 bridgehead atoms. The van der Waals surface area contributed by atoms with E-state index in [1.807, 2.05) is 54.5 Å². The van der Waals surface area contributed by atoms with Gasteiger partial charge in [-0.2, -0.15) is 0 Å². The number of nitrogens with zero attached hydrogens (tertiary/aromatic N) is 4. The van der Waals surface area contributed by atoms with Crippen LogP contribution in [0.1, 0.15) is 17.7 Å². The molecule has 0 unspecified atom stereocenters. The molecule has 3 heterocycles. The minimum absolute atomic E-state index is 0.0894. The molecule has 1 aromatic carbocycles. The summed E-state index contributed by atoms with van der Waals surface area (Å²) in [5, 5.41) is 0.727. The molecule has 3 aromatic rings. The summed E-state index contributed by atoms with van der Waals surface area (Å²) < 4.78 is 7.75. The highest BCUT2D eigenvalue weighted by Gasteiger charge is 2.28. The molecule has 0 spiro atoms. The van der Waals surface area contributed by atoms with Crippen LogP contribution < -0.4 is 0 Å². The average Bonchev–Trinajstić information content (AvgIpc) is 3.26. The van der Waals surface area contributed by atoms with Crippen molar-refractivity contribution in [3.8, 4) is 11.3 Å². The molecule has 1 saturated heterocycles. The quantitative estimate of drug-likeness (QED) is 0.779. The average molecular weight is 358 g/mol. The van der Waals surface area contributed by atoms with Crippen LogP contribution in [-0.4, -0.2) is 44.2 Å². The van der Waals surface area contributed by atoms with E-state index in [9.17, 15) is 0 Å². The van der Waals surface area contributed by atoms with Crippen LogP contribution in [0.5, 0.6) is 0 Å². The molecule has 0 aliphatic carbocycles. The van der Waals surface area contributed by atoms with Gasteiger partial charge in [0.25, 0.3) is 0 Å². The number of morpholine rings is 1. The maximum absolute atomic E-state index is 5.97. The van der Waals surface area contributed by atoms with E-state index in [0.29, 0.717) is 6.61 Å². The number of aryl methyl sites for hydroxylation is 1. The van der Waals surface area contributed by atoms with Crippen LogP contribution in [0.4, 0.5) is 0 Å². The lowest BCUT2D eigenvalue weighted by Gasteiger charge is -2.34. The Bertz CT molecular complexity index is 841. The van der Waals surface area contributed by atoms with Gasteiger partial charge in [-0.25, -0.2) is 9.97 Å².